The van der Waals surface area contributed by atoms with Crippen LogP contribution in [-0.4, -0.2) is 9.97 Å². The molecule has 1 atom stereocenters. The number of aromatic amines is 1. The summed E-state index contributed by atoms with van der Waals surface area (Å²) in [6, 6.07) is -0.205. The van der Waals surface area contributed by atoms with Crippen LogP contribution in [0.25, 0.3) is 0 Å². The van der Waals surface area contributed by atoms with E-state index in [1.54, 1.807) is 11.8 Å². The van der Waals surface area contributed by atoms with E-state index in [2.05, 4.69) is 9.97 Å². The number of hydrogen-bond acceptors (Lipinski definition) is 4. The van der Waals surface area contributed by atoms with Crippen LogP contribution in [0.5, 0.6) is 0 Å². The summed E-state index contributed by atoms with van der Waals surface area (Å²) in [6.45, 7) is 1.81. The summed E-state index contributed by atoms with van der Waals surface area (Å²) >= 11 is 1.71. The van der Waals surface area contributed by atoms with E-state index in [1.165, 1.54) is 0 Å². The Hall–Kier alpha value is -0.810. The number of nitrogens with zero attached hydrogens (tertiary/aromatic N) is 1. The third kappa shape index (κ3) is 1.49. The van der Waals surface area contributed by atoms with E-state index in [0.717, 1.165) is 22.8 Å². The number of nitrogens with one attached hydrogen (secondary N) is 1. The summed E-state index contributed by atoms with van der Waals surface area (Å²) in [5.41, 5.74) is 7.33. The maximum Gasteiger partial charge on any atom is 0.255 e. The average Bonchev–Trinajstić information content (AvgIpc) is 2.51. The minimum atomic E-state index is -0.205. The number of thioether (sulfide) groups is 1. The molecule has 3 N–H and O–H groups in total. The Morgan fingerprint density at radius 1 is 1.62 bits per heavy atom. The van der Waals surface area contributed by atoms with Gasteiger partial charge in [0.25, 0.3) is 5.56 Å². The van der Waals surface area contributed by atoms with E-state index < -0.39 is 0 Å². The third-order valence-corrected chi connectivity index (χ3v) is 3.01. The van der Waals surface area contributed by atoms with Gasteiger partial charge in [-0.1, -0.05) is 0 Å². The summed E-state index contributed by atoms with van der Waals surface area (Å²) in [5.74, 6) is 2.20. The van der Waals surface area contributed by atoms with Gasteiger partial charge in [0.15, 0.2) is 0 Å². The van der Waals surface area contributed by atoms with Crippen LogP contribution in [0.1, 0.15) is 30.0 Å². The van der Waals surface area contributed by atoms with Gasteiger partial charge >= 0.3 is 0 Å². The molecule has 0 saturated carbocycles. The van der Waals surface area contributed by atoms with Crippen LogP contribution in [0, 0.1) is 0 Å². The molecule has 70 valence electrons. The molecule has 1 aromatic rings. The molecule has 0 fully saturated rings. The van der Waals surface area contributed by atoms with Crippen molar-refractivity contribution in [3.8, 4) is 0 Å². The van der Waals surface area contributed by atoms with Gasteiger partial charge in [-0.2, -0.15) is 11.8 Å². The maximum absolute atomic E-state index is 11.5. The summed E-state index contributed by atoms with van der Waals surface area (Å²) in [6.07, 6.45) is 0. The minimum Gasteiger partial charge on any atom is -0.322 e. The van der Waals surface area contributed by atoms with Gasteiger partial charge in [0.05, 0.1) is 11.7 Å². The Kier molecular flexibility index (Phi) is 2.13. The molecule has 0 radical (unpaired) electrons. The zero-order chi connectivity index (χ0) is 9.42. The van der Waals surface area contributed by atoms with Crippen LogP contribution < -0.4 is 11.3 Å². The number of rotatable bonds is 1. The van der Waals surface area contributed by atoms with E-state index in [9.17, 15) is 4.79 Å². The zero-order valence-corrected chi connectivity index (χ0v) is 8.15. The van der Waals surface area contributed by atoms with Crippen molar-refractivity contribution in [2.45, 2.75) is 24.5 Å². The first kappa shape index (κ1) is 8.77. The second-order valence-corrected chi connectivity index (χ2v) is 4.14. The Labute approximate surface area is 79.9 Å². The van der Waals surface area contributed by atoms with Gasteiger partial charge < -0.3 is 10.7 Å². The van der Waals surface area contributed by atoms with Crippen molar-refractivity contribution in [3.63, 3.8) is 0 Å². The van der Waals surface area contributed by atoms with Crippen molar-refractivity contribution in [1.29, 1.82) is 0 Å². The molecule has 2 heterocycles. The highest BCUT2D eigenvalue weighted by Gasteiger charge is 2.18. The Bertz CT molecular complexity index is 385. The lowest BCUT2D eigenvalue weighted by Crippen LogP contribution is -2.21. The smallest absolute Gasteiger partial charge is 0.255 e. The molecule has 4 nitrogen and oxygen atoms in total. The first-order valence-corrected chi connectivity index (χ1v) is 5.29. The molecule has 0 aliphatic carbocycles. The highest BCUT2D eigenvalue weighted by Crippen LogP contribution is 2.25. The first-order chi connectivity index (χ1) is 6.18. The van der Waals surface area contributed by atoms with E-state index in [-0.39, 0.29) is 11.6 Å². The normalized spacial score (nSPS) is 17.1. The number of hydrogen-bond donors (Lipinski definition) is 2. The molecule has 13 heavy (non-hydrogen) atoms. The summed E-state index contributed by atoms with van der Waals surface area (Å²) in [5, 5.41) is 0. The third-order valence-electron chi connectivity index (χ3n) is 2.04. The van der Waals surface area contributed by atoms with E-state index in [4.69, 9.17) is 5.73 Å². The molecule has 1 aromatic heterocycles. The number of fused-ring (bicyclic) bond motifs is 1. The molecule has 1 aliphatic heterocycles. The molecule has 0 amide bonds. The lowest BCUT2D eigenvalue weighted by Gasteiger charge is -2.05. The molecule has 1 aliphatic rings. The number of aromatic nitrogens is 2. The van der Waals surface area contributed by atoms with Crippen LogP contribution >= 0.6 is 11.8 Å². The van der Waals surface area contributed by atoms with Gasteiger partial charge in [0, 0.05) is 17.1 Å². The summed E-state index contributed by atoms with van der Waals surface area (Å²) in [4.78, 5) is 18.5. The van der Waals surface area contributed by atoms with Crippen LogP contribution in [0.4, 0.5) is 0 Å². The fourth-order valence-electron chi connectivity index (χ4n) is 1.30. The molecular weight excluding hydrogens is 186 g/mol. The summed E-state index contributed by atoms with van der Waals surface area (Å²) < 4.78 is 0. The van der Waals surface area contributed by atoms with Crippen molar-refractivity contribution in [3.05, 3.63) is 27.4 Å². The van der Waals surface area contributed by atoms with Crippen LogP contribution in [0.3, 0.4) is 0 Å². The Morgan fingerprint density at radius 3 is 3.08 bits per heavy atom. The molecule has 0 aromatic carbocycles. The predicted molar refractivity (Wildman–Crippen MR) is 52.5 cm³/mol. The average molecular weight is 197 g/mol. The molecule has 0 bridgehead atoms. The van der Waals surface area contributed by atoms with Gasteiger partial charge in [-0.3, -0.25) is 4.79 Å². The second-order valence-electron chi connectivity index (χ2n) is 3.16. The maximum atomic E-state index is 11.5. The van der Waals surface area contributed by atoms with Crippen molar-refractivity contribution >= 4 is 11.8 Å². The van der Waals surface area contributed by atoms with Gasteiger partial charge in [-0.05, 0) is 6.92 Å². The molecule has 2 rings (SSSR count). The van der Waals surface area contributed by atoms with Gasteiger partial charge in [-0.15, -0.1) is 0 Å². The van der Waals surface area contributed by atoms with Crippen LogP contribution in [0.15, 0.2) is 4.79 Å². The molecular formula is C8H11N3OS. The van der Waals surface area contributed by atoms with Crippen molar-refractivity contribution in [2.24, 2.45) is 5.73 Å². The lowest BCUT2D eigenvalue weighted by molar-refractivity contribution is 0.722. The summed E-state index contributed by atoms with van der Waals surface area (Å²) in [7, 11) is 0. The Morgan fingerprint density at radius 2 is 2.38 bits per heavy atom. The SMILES string of the molecule is CC(N)c1nc2c(c(=O)[nH]1)CSC2. The molecule has 0 spiro atoms. The largest absolute Gasteiger partial charge is 0.322 e. The fraction of sp³-hybridized carbons (Fsp3) is 0.500. The molecule has 1 unspecified atom stereocenters. The highest BCUT2D eigenvalue weighted by atomic mass is 32.2. The zero-order valence-electron chi connectivity index (χ0n) is 7.33. The van der Waals surface area contributed by atoms with E-state index >= 15 is 0 Å². The Balaban J connectivity index is 2.56. The monoisotopic (exact) mass is 197 g/mol. The van der Waals surface area contributed by atoms with E-state index in [1.807, 2.05) is 6.92 Å². The van der Waals surface area contributed by atoms with Gasteiger partial charge in [0.1, 0.15) is 5.82 Å². The minimum absolute atomic E-state index is 0.0256. The molecule has 0 saturated heterocycles. The second kappa shape index (κ2) is 3.16. The standard InChI is InChI=1S/C8H11N3OS/c1-4(9)7-10-6-3-13-2-5(6)8(12)11-7/h4H,2-3,9H2,1H3,(H,10,11,12). The van der Waals surface area contributed by atoms with Crippen molar-refractivity contribution in [2.75, 3.05) is 0 Å². The number of H-pyrrole nitrogens is 1. The van der Waals surface area contributed by atoms with Gasteiger partial charge in [0.2, 0.25) is 0 Å². The fourth-order valence-corrected chi connectivity index (χ4v) is 2.33. The first-order valence-electron chi connectivity index (χ1n) is 4.14. The molecule has 5 heteroatoms. The lowest BCUT2D eigenvalue weighted by atomic mass is 10.2. The van der Waals surface area contributed by atoms with Crippen LogP contribution in [0.2, 0.25) is 0 Å². The predicted octanol–water partition coefficient (Wildman–Crippen LogP) is 0.536. The van der Waals surface area contributed by atoms with Gasteiger partial charge in [-0.25, -0.2) is 4.98 Å². The van der Waals surface area contributed by atoms with E-state index in [0.29, 0.717) is 5.82 Å². The highest BCUT2D eigenvalue weighted by molar-refractivity contribution is 7.98. The van der Waals surface area contributed by atoms with Crippen LogP contribution in [-0.2, 0) is 11.5 Å². The topological polar surface area (TPSA) is 71.8 Å². The van der Waals surface area contributed by atoms with Crippen molar-refractivity contribution in [1.82, 2.24) is 9.97 Å². The number of nitrogens with two attached hydrogens (primary N) is 1. The quantitative estimate of drug-likeness (QED) is 0.689. The van der Waals surface area contributed by atoms with Crippen molar-refractivity contribution < 1.29 is 0 Å².